The van der Waals surface area contributed by atoms with Gasteiger partial charge in [0.2, 0.25) is 5.95 Å². The molecule has 176 valence electrons. The molecule has 0 fully saturated rings. The Morgan fingerprint density at radius 1 is 1.14 bits per heavy atom. The lowest BCUT2D eigenvalue weighted by Gasteiger charge is -2.21. The van der Waals surface area contributed by atoms with E-state index in [0.717, 1.165) is 40.1 Å². The minimum Gasteiger partial charge on any atom is -0.376 e. The predicted molar refractivity (Wildman–Crippen MR) is 137 cm³/mol. The Labute approximate surface area is 204 Å². The lowest BCUT2D eigenvalue weighted by Crippen LogP contribution is -2.23. The summed E-state index contributed by atoms with van der Waals surface area (Å²) in [5.74, 6) is 6.89. The number of ether oxygens (including phenoxy) is 1. The number of rotatable bonds is 6. The highest BCUT2D eigenvalue weighted by molar-refractivity contribution is 6.07. The summed E-state index contributed by atoms with van der Waals surface area (Å²) in [6, 6.07) is 18.0. The lowest BCUT2D eigenvalue weighted by molar-refractivity contribution is 0.0960. The Hall–Kier alpha value is -4.15. The van der Waals surface area contributed by atoms with Crippen molar-refractivity contribution in [2.45, 2.75) is 33.4 Å². The molecule has 1 aliphatic rings. The summed E-state index contributed by atoms with van der Waals surface area (Å²) in [7, 11) is 0. The second-order valence-corrected chi connectivity index (χ2v) is 8.41. The van der Waals surface area contributed by atoms with Gasteiger partial charge in [-0.05, 0) is 37.6 Å². The van der Waals surface area contributed by atoms with Gasteiger partial charge in [-0.2, -0.15) is 4.98 Å². The number of aryl methyl sites for hydroxylation is 1. The van der Waals surface area contributed by atoms with Crippen molar-refractivity contribution in [3.63, 3.8) is 0 Å². The SMILES string of the molecule is CC#CCNC(=O)c1cccc2c1cc(C)n2-c1nc2c(c(NCc3ccccc3)n1)COCC2. The third-order valence-corrected chi connectivity index (χ3v) is 6.10. The molecule has 0 radical (unpaired) electrons. The second-order valence-electron chi connectivity index (χ2n) is 8.41. The Morgan fingerprint density at radius 3 is 2.83 bits per heavy atom. The van der Waals surface area contributed by atoms with Crippen LogP contribution in [-0.2, 0) is 24.3 Å². The molecule has 0 aliphatic carbocycles. The zero-order valence-corrected chi connectivity index (χ0v) is 19.9. The monoisotopic (exact) mass is 465 g/mol. The van der Waals surface area contributed by atoms with Gasteiger partial charge in [-0.15, -0.1) is 5.92 Å². The average Bonchev–Trinajstić information content (AvgIpc) is 3.23. The first-order valence-electron chi connectivity index (χ1n) is 11.7. The van der Waals surface area contributed by atoms with Gasteiger partial charge in [0.25, 0.3) is 5.91 Å². The van der Waals surface area contributed by atoms with Crippen molar-refractivity contribution in [1.29, 1.82) is 0 Å². The van der Waals surface area contributed by atoms with Gasteiger partial charge in [-0.3, -0.25) is 9.36 Å². The smallest absolute Gasteiger partial charge is 0.252 e. The molecule has 0 atom stereocenters. The first kappa shape index (κ1) is 22.6. The fourth-order valence-corrected chi connectivity index (χ4v) is 4.38. The van der Waals surface area contributed by atoms with Crippen LogP contribution in [0.2, 0.25) is 0 Å². The van der Waals surface area contributed by atoms with Crippen LogP contribution in [0.4, 0.5) is 5.82 Å². The van der Waals surface area contributed by atoms with Crippen molar-refractivity contribution in [2.24, 2.45) is 0 Å². The van der Waals surface area contributed by atoms with Gasteiger partial charge < -0.3 is 15.4 Å². The summed E-state index contributed by atoms with van der Waals surface area (Å²) in [6.45, 7) is 5.86. The van der Waals surface area contributed by atoms with Crippen molar-refractivity contribution in [1.82, 2.24) is 19.9 Å². The number of benzene rings is 2. The fraction of sp³-hybridized carbons (Fsp3) is 0.250. The first-order valence-corrected chi connectivity index (χ1v) is 11.7. The third kappa shape index (κ3) is 4.61. The van der Waals surface area contributed by atoms with Gasteiger partial charge in [-0.1, -0.05) is 42.3 Å². The van der Waals surface area contributed by atoms with Crippen molar-refractivity contribution in [2.75, 3.05) is 18.5 Å². The fourth-order valence-electron chi connectivity index (χ4n) is 4.38. The maximum Gasteiger partial charge on any atom is 0.252 e. The minimum absolute atomic E-state index is 0.149. The quantitative estimate of drug-likeness (QED) is 0.418. The number of carbonyl (C=O) groups is 1. The molecule has 1 aliphatic heterocycles. The molecule has 3 heterocycles. The molecule has 1 amide bonds. The molecule has 0 saturated heterocycles. The predicted octanol–water partition coefficient (Wildman–Crippen LogP) is 4.17. The van der Waals surface area contributed by atoms with E-state index in [-0.39, 0.29) is 5.91 Å². The molecule has 5 rings (SSSR count). The van der Waals surface area contributed by atoms with Crippen LogP contribution in [0.3, 0.4) is 0 Å². The number of carbonyl (C=O) groups excluding carboxylic acids is 1. The highest BCUT2D eigenvalue weighted by atomic mass is 16.5. The van der Waals surface area contributed by atoms with Crippen molar-refractivity contribution < 1.29 is 9.53 Å². The van der Waals surface area contributed by atoms with E-state index in [2.05, 4.69) is 34.6 Å². The highest BCUT2D eigenvalue weighted by Gasteiger charge is 2.22. The van der Waals surface area contributed by atoms with Crippen LogP contribution < -0.4 is 10.6 Å². The van der Waals surface area contributed by atoms with Gasteiger partial charge in [0.05, 0.1) is 31.0 Å². The molecule has 7 nitrogen and oxygen atoms in total. The summed E-state index contributed by atoms with van der Waals surface area (Å²) >= 11 is 0. The van der Waals surface area contributed by atoms with E-state index in [0.29, 0.717) is 37.8 Å². The minimum atomic E-state index is -0.149. The summed E-state index contributed by atoms with van der Waals surface area (Å²) in [5.41, 5.74) is 5.61. The topological polar surface area (TPSA) is 81.1 Å². The third-order valence-electron chi connectivity index (χ3n) is 6.10. The summed E-state index contributed by atoms with van der Waals surface area (Å²) in [6.07, 6.45) is 0.731. The molecule has 0 saturated carbocycles. The Bertz CT molecular complexity index is 1450. The molecule has 7 heteroatoms. The van der Waals surface area contributed by atoms with E-state index in [9.17, 15) is 4.79 Å². The van der Waals surface area contributed by atoms with Crippen LogP contribution >= 0.6 is 0 Å². The number of amides is 1. The molecule has 4 aromatic rings. The molecule has 2 aromatic heterocycles. The number of nitrogens with one attached hydrogen (secondary N) is 2. The molecule has 0 unspecified atom stereocenters. The largest absolute Gasteiger partial charge is 0.376 e. The normalized spacial score (nSPS) is 12.5. The van der Waals surface area contributed by atoms with Gasteiger partial charge >= 0.3 is 0 Å². The Balaban J connectivity index is 1.56. The summed E-state index contributed by atoms with van der Waals surface area (Å²) in [4.78, 5) is 22.7. The van der Waals surface area contributed by atoms with Crippen LogP contribution in [0.1, 0.15) is 39.8 Å². The number of anilines is 1. The molecule has 0 bridgehead atoms. The maximum atomic E-state index is 12.8. The Kier molecular flexibility index (Phi) is 6.47. The van der Waals surface area contributed by atoms with Crippen molar-refractivity contribution in [3.05, 3.63) is 82.7 Å². The van der Waals surface area contributed by atoms with Crippen molar-refractivity contribution >= 4 is 22.6 Å². The van der Waals surface area contributed by atoms with Crippen LogP contribution in [-0.4, -0.2) is 33.6 Å². The van der Waals surface area contributed by atoms with Crippen LogP contribution in [0.15, 0.2) is 54.6 Å². The molecule has 2 aromatic carbocycles. The standard InChI is InChI=1S/C28H27N5O2/c1-3-4-14-29-27(34)21-11-8-12-25-22(21)16-19(2)33(25)28-31-24-13-15-35-18-23(24)26(32-28)30-17-20-9-6-5-7-10-20/h5-12,16H,13-15,17-18H2,1-2H3,(H,29,34)(H,30,31,32). The lowest BCUT2D eigenvalue weighted by atomic mass is 10.1. The zero-order chi connectivity index (χ0) is 24.2. The number of hydrogen-bond donors (Lipinski definition) is 2. The number of aromatic nitrogens is 3. The summed E-state index contributed by atoms with van der Waals surface area (Å²) < 4.78 is 7.73. The van der Waals surface area contributed by atoms with E-state index in [1.807, 2.05) is 54.0 Å². The van der Waals surface area contributed by atoms with Gasteiger partial charge in [0.1, 0.15) is 5.82 Å². The molecular formula is C28H27N5O2. The average molecular weight is 466 g/mol. The number of nitrogens with zero attached hydrogens (tertiary/aromatic N) is 3. The maximum absolute atomic E-state index is 12.8. The summed E-state index contributed by atoms with van der Waals surface area (Å²) in [5, 5.41) is 7.22. The van der Waals surface area contributed by atoms with Crippen molar-refractivity contribution in [3.8, 4) is 17.8 Å². The second kappa shape index (κ2) is 10.00. The number of hydrogen-bond acceptors (Lipinski definition) is 5. The van der Waals surface area contributed by atoms with Gasteiger partial charge in [0.15, 0.2) is 0 Å². The molecular weight excluding hydrogens is 438 g/mol. The van der Waals surface area contributed by atoms with Crippen LogP contribution in [0, 0.1) is 18.8 Å². The Morgan fingerprint density at radius 2 is 2.00 bits per heavy atom. The van der Waals surface area contributed by atoms with E-state index in [1.54, 1.807) is 6.92 Å². The van der Waals surface area contributed by atoms with E-state index in [4.69, 9.17) is 14.7 Å². The zero-order valence-electron chi connectivity index (χ0n) is 19.9. The molecule has 0 spiro atoms. The van der Waals surface area contributed by atoms with Gasteiger partial charge in [0, 0.05) is 35.2 Å². The molecule has 2 N–H and O–H groups in total. The van der Waals surface area contributed by atoms with E-state index < -0.39 is 0 Å². The van der Waals surface area contributed by atoms with E-state index in [1.165, 1.54) is 5.56 Å². The van der Waals surface area contributed by atoms with Gasteiger partial charge in [-0.25, -0.2) is 4.98 Å². The van der Waals surface area contributed by atoms with E-state index >= 15 is 0 Å². The van der Waals surface area contributed by atoms with Crippen LogP contribution in [0.25, 0.3) is 16.9 Å². The van der Waals surface area contributed by atoms with Crippen LogP contribution in [0.5, 0.6) is 0 Å². The highest BCUT2D eigenvalue weighted by Crippen LogP contribution is 2.29. The molecule has 35 heavy (non-hydrogen) atoms. The number of fused-ring (bicyclic) bond motifs is 2. The first-order chi connectivity index (χ1) is 17.2.